The van der Waals surface area contributed by atoms with E-state index >= 15 is 0 Å². The molecule has 0 bridgehead atoms. The van der Waals surface area contributed by atoms with E-state index in [4.69, 9.17) is 9.84 Å². The van der Waals surface area contributed by atoms with Crippen molar-refractivity contribution in [3.8, 4) is 0 Å². The molecule has 0 radical (unpaired) electrons. The van der Waals surface area contributed by atoms with Crippen molar-refractivity contribution in [3.63, 3.8) is 0 Å². The molecule has 3 rings (SSSR count). The third-order valence-corrected chi connectivity index (χ3v) is 3.82. The fourth-order valence-corrected chi connectivity index (χ4v) is 2.58. The van der Waals surface area contributed by atoms with Crippen molar-refractivity contribution in [2.75, 3.05) is 0 Å². The van der Waals surface area contributed by atoms with Crippen molar-refractivity contribution in [2.24, 2.45) is 0 Å². The first kappa shape index (κ1) is 15.8. The molecule has 0 saturated carbocycles. The van der Waals surface area contributed by atoms with E-state index < -0.39 is 5.97 Å². The zero-order chi connectivity index (χ0) is 16.9. The molecular weight excluding hydrogens is 306 g/mol. The molecule has 24 heavy (non-hydrogen) atoms. The lowest BCUT2D eigenvalue weighted by atomic mass is 10.0. The summed E-state index contributed by atoms with van der Waals surface area (Å²) < 4.78 is 5.49. The Kier molecular flexibility index (Phi) is 4.61. The lowest BCUT2D eigenvalue weighted by Crippen LogP contribution is -2.23. The van der Waals surface area contributed by atoms with Crippen LogP contribution in [0.1, 0.15) is 40.0 Å². The van der Waals surface area contributed by atoms with Crippen LogP contribution in [0.2, 0.25) is 0 Å². The normalized spacial score (nSPS) is 16.2. The number of carbonyl (C=O) groups excluding carboxylic acids is 1. The molecule has 0 aromatic heterocycles. The summed E-state index contributed by atoms with van der Waals surface area (Å²) in [5, 5.41) is 9.04. The Morgan fingerprint density at radius 2 is 2.08 bits per heavy atom. The highest BCUT2D eigenvalue weighted by atomic mass is 16.5. The first-order valence-corrected chi connectivity index (χ1v) is 7.68. The number of benzene rings is 1. The molecule has 1 aromatic carbocycles. The monoisotopic (exact) mass is 323 g/mol. The number of hydrogen-bond donors (Lipinski definition) is 1. The lowest BCUT2D eigenvalue weighted by molar-refractivity contribution is 0.0697. The van der Waals surface area contributed by atoms with Crippen molar-refractivity contribution in [1.29, 1.82) is 0 Å². The molecule has 122 valence electrons. The van der Waals surface area contributed by atoms with Gasteiger partial charge >= 0.3 is 5.97 Å². The van der Waals surface area contributed by atoms with Gasteiger partial charge in [-0.2, -0.15) is 0 Å². The molecule has 1 heterocycles. The Hall–Kier alpha value is -3.08. The summed E-state index contributed by atoms with van der Waals surface area (Å²) >= 11 is 0. The highest BCUT2D eigenvalue weighted by Crippen LogP contribution is 2.23. The number of nitrogens with zero attached hydrogens (tertiary/aromatic N) is 1. The van der Waals surface area contributed by atoms with Crippen LogP contribution in [0.4, 0.5) is 0 Å². The standard InChI is InChI=1S/C19H17NO4/c21-18(15-7-4-8-16(12-15)19(22)23)20-9-10-24-17(13-20)11-14-5-2-1-3-6-14/h1-2,4-5,7-10,12-13H,3,6,11H2,(H,22,23). The van der Waals surface area contributed by atoms with Crippen molar-refractivity contribution in [2.45, 2.75) is 19.3 Å². The van der Waals surface area contributed by atoms with Gasteiger partial charge in [0.25, 0.3) is 5.91 Å². The lowest BCUT2D eigenvalue weighted by Gasteiger charge is -2.21. The molecule has 0 spiro atoms. The summed E-state index contributed by atoms with van der Waals surface area (Å²) in [5.74, 6) is -0.676. The van der Waals surface area contributed by atoms with Gasteiger partial charge in [0.2, 0.25) is 0 Å². The van der Waals surface area contributed by atoms with Gasteiger partial charge in [-0.15, -0.1) is 0 Å². The molecule has 5 heteroatoms. The van der Waals surface area contributed by atoms with Gasteiger partial charge in [0, 0.05) is 18.2 Å². The summed E-state index contributed by atoms with van der Waals surface area (Å²) in [7, 11) is 0. The number of amides is 1. The summed E-state index contributed by atoms with van der Waals surface area (Å²) in [6.45, 7) is 0. The predicted octanol–water partition coefficient (Wildman–Crippen LogP) is 3.84. The molecule has 0 saturated heterocycles. The van der Waals surface area contributed by atoms with E-state index in [0.717, 1.165) is 12.8 Å². The Labute approximate surface area is 139 Å². The second-order valence-corrected chi connectivity index (χ2v) is 5.57. The van der Waals surface area contributed by atoms with E-state index in [0.29, 0.717) is 17.7 Å². The molecule has 1 aliphatic heterocycles. The number of carboxylic acids is 1. The smallest absolute Gasteiger partial charge is 0.335 e. The van der Waals surface area contributed by atoms with Gasteiger partial charge in [0.15, 0.2) is 0 Å². The quantitative estimate of drug-likeness (QED) is 0.914. The third-order valence-electron chi connectivity index (χ3n) is 3.82. The van der Waals surface area contributed by atoms with Crippen molar-refractivity contribution in [3.05, 3.63) is 83.6 Å². The predicted molar refractivity (Wildman–Crippen MR) is 89.0 cm³/mol. The van der Waals surface area contributed by atoms with E-state index in [9.17, 15) is 9.59 Å². The van der Waals surface area contributed by atoms with Crippen molar-refractivity contribution >= 4 is 11.9 Å². The van der Waals surface area contributed by atoms with Crippen molar-refractivity contribution < 1.29 is 19.4 Å². The van der Waals surface area contributed by atoms with Gasteiger partial charge in [-0.25, -0.2) is 4.79 Å². The number of carbonyl (C=O) groups is 2. The van der Waals surface area contributed by atoms with Crippen LogP contribution in [0.3, 0.4) is 0 Å². The Balaban J connectivity index is 1.76. The van der Waals surface area contributed by atoms with E-state index in [1.807, 2.05) is 6.08 Å². The number of rotatable bonds is 4. The first-order chi connectivity index (χ1) is 11.6. The molecule has 0 fully saturated rings. The molecule has 1 aromatic rings. The SMILES string of the molecule is O=C(O)c1cccc(C(=O)N2C=COC(CC3=CC=CCC3)=C2)c1. The number of hydrogen-bond acceptors (Lipinski definition) is 3. The van der Waals surface area contributed by atoms with Gasteiger partial charge in [0.05, 0.1) is 11.8 Å². The van der Waals surface area contributed by atoms with E-state index in [1.165, 1.54) is 35.1 Å². The summed E-state index contributed by atoms with van der Waals surface area (Å²) in [4.78, 5) is 25.0. The van der Waals surface area contributed by atoms with E-state index in [1.54, 1.807) is 18.3 Å². The largest absolute Gasteiger partial charge is 0.478 e. The average Bonchev–Trinajstić information content (AvgIpc) is 2.62. The van der Waals surface area contributed by atoms with Crippen LogP contribution in [-0.4, -0.2) is 21.9 Å². The third kappa shape index (κ3) is 3.63. The first-order valence-electron chi connectivity index (χ1n) is 7.68. The molecule has 1 N–H and O–H groups in total. The Bertz CT molecular complexity index is 786. The maximum Gasteiger partial charge on any atom is 0.335 e. The molecule has 1 amide bonds. The molecular formula is C19H17NO4. The minimum absolute atomic E-state index is 0.0847. The van der Waals surface area contributed by atoms with Crippen LogP contribution < -0.4 is 0 Å². The van der Waals surface area contributed by atoms with E-state index in [-0.39, 0.29) is 11.5 Å². The molecule has 2 aliphatic rings. The average molecular weight is 323 g/mol. The zero-order valence-electron chi connectivity index (χ0n) is 13.0. The van der Waals surface area contributed by atoms with Crippen LogP contribution in [-0.2, 0) is 4.74 Å². The van der Waals surface area contributed by atoms with Gasteiger partial charge in [0.1, 0.15) is 12.0 Å². The van der Waals surface area contributed by atoms with Crippen LogP contribution in [0.5, 0.6) is 0 Å². The highest BCUT2D eigenvalue weighted by Gasteiger charge is 2.18. The van der Waals surface area contributed by atoms with Crippen LogP contribution in [0.15, 0.2) is 72.5 Å². The summed E-state index contributed by atoms with van der Waals surface area (Å²) in [6.07, 6.45) is 13.5. The summed E-state index contributed by atoms with van der Waals surface area (Å²) in [5.41, 5.74) is 1.65. The minimum atomic E-state index is -1.06. The molecule has 1 aliphatic carbocycles. The van der Waals surface area contributed by atoms with Gasteiger partial charge < -0.3 is 9.84 Å². The number of ether oxygens (including phenoxy) is 1. The Morgan fingerprint density at radius 1 is 1.25 bits per heavy atom. The van der Waals surface area contributed by atoms with Crippen molar-refractivity contribution in [1.82, 2.24) is 4.90 Å². The fraction of sp³-hybridized carbons (Fsp3) is 0.158. The highest BCUT2D eigenvalue weighted by molar-refractivity contribution is 5.98. The summed E-state index contributed by atoms with van der Waals surface area (Å²) in [6, 6.07) is 5.99. The maximum atomic E-state index is 12.6. The molecule has 0 atom stereocenters. The second-order valence-electron chi connectivity index (χ2n) is 5.57. The van der Waals surface area contributed by atoms with Gasteiger partial charge in [-0.05, 0) is 31.0 Å². The minimum Gasteiger partial charge on any atom is -0.478 e. The van der Waals surface area contributed by atoms with Gasteiger partial charge in [-0.1, -0.05) is 29.9 Å². The number of carboxylic acid groups (broad SMARTS) is 1. The maximum absolute atomic E-state index is 12.6. The molecule has 5 nitrogen and oxygen atoms in total. The topological polar surface area (TPSA) is 66.8 Å². The van der Waals surface area contributed by atoms with E-state index in [2.05, 4.69) is 12.2 Å². The van der Waals surface area contributed by atoms with Crippen LogP contribution >= 0.6 is 0 Å². The van der Waals surface area contributed by atoms with Crippen LogP contribution in [0.25, 0.3) is 0 Å². The number of aromatic carboxylic acids is 1. The zero-order valence-corrected chi connectivity index (χ0v) is 13.0. The number of allylic oxidation sites excluding steroid dienone is 4. The van der Waals surface area contributed by atoms with Crippen LogP contribution in [0, 0.1) is 0 Å². The molecule has 0 unspecified atom stereocenters. The van der Waals surface area contributed by atoms with Gasteiger partial charge in [-0.3, -0.25) is 9.69 Å². The fourth-order valence-electron chi connectivity index (χ4n) is 2.58. The Morgan fingerprint density at radius 3 is 2.83 bits per heavy atom. The second kappa shape index (κ2) is 7.00.